The first-order chi connectivity index (χ1) is 9.76. The van der Waals surface area contributed by atoms with Crippen LogP contribution in [0.1, 0.15) is 0 Å². The van der Waals surface area contributed by atoms with Crippen molar-refractivity contribution in [1.29, 1.82) is 0 Å². The molecule has 0 aliphatic carbocycles. The summed E-state index contributed by atoms with van der Waals surface area (Å²) in [7, 11) is 3.21. The Hall–Kier alpha value is -2.69. The first kappa shape index (κ1) is 12.3. The zero-order valence-electron chi connectivity index (χ0n) is 11.3. The predicted octanol–water partition coefficient (Wildman–Crippen LogP) is 2.60. The van der Waals surface area contributed by atoms with Gasteiger partial charge in [-0.15, -0.1) is 0 Å². The molecule has 3 aromatic rings. The van der Waals surface area contributed by atoms with Crippen LogP contribution < -0.4 is 15.2 Å². The smallest absolute Gasteiger partial charge is 0.170 e. The van der Waals surface area contributed by atoms with E-state index in [2.05, 4.69) is 4.98 Å². The van der Waals surface area contributed by atoms with Gasteiger partial charge in [-0.25, -0.2) is 4.98 Å². The van der Waals surface area contributed by atoms with E-state index >= 15 is 0 Å². The Morgan fingerprint density at radius 1 is 1.05 bits per heavy atom. The second-order valence-electron chi connectivity index (χ2n) is 4.32. The molecule has 3 rings (SSSR count). The molecular weight excluding hydrogens is 254 g/mol. The van der Waals surface area contributed by atoms with Gasteiger partial charge < -0.3 is 15.2 Å². The number of benzene rings is 1. The molecule has 0 bridgehead atoms. The fourth-order valence-corrected chi connectivity index (χ4v) is 2.29. The molecule has 0 spiro atoms. The second-order valence-corrected chi connectivity index (χ2v) is 4.32. The van der Waals surface area contributed by atoms with Gasteiger partial charge in [0.15, 0.2) is 11.5 Å². The average molecular weight is 269 g/mol. The van der Waals surface area contributed by atoms with E-state index in [0.29, 0.717) is 23.0 Å². The first-order valence-corrected chi connectivity index (χ1v) is 6.20. The van der Waals surface area contributed by atoms with E-state index < -0.39 is 0 Å². The van der Waals surface area contributed by atoms with Crippen LogP contribution in [0.2, 0.25) is 0 Å². The third-order valence-electron chi connectivity index (χ3n) is 3.22. The van der Waals surface area contributed by atoms with E-state index in [9.17, 15) is 0 Å². The number of aromatic nitrogens is 2. The lowest BCUT2D eigenvalue weighted by atomic mass is 10.1. The summed E-state index contributed by atoms with van der Waals surface area (Å²) in [5, 5.41) is 0. The number of rotatable bonds is 3. The van der Waals surface area contributed by atoms with Crippen molar-refractivity contribution in [3.05, 3.63) is 42.6 Å². The van der Waals surface area contributed by atoms with Crippen molar-refractivity contribution >= 4 is 11.5 Å². The summed E-state index contributed by atoms with van der Waals surface area (Å²) >= 11 is 0. The summed E-state index contributed by atoms with van der Waals surface area (Å²) in [6, 6.07) is 11.4. The number of methoxy groups -OCH3 is 2. The lowest BCUT2D eigenvalue weighted by molar-refractivity contribution is 0.356. The van der Waals surface area contributed by atoms with Crippen LogP contribution in [0.4, 0.5) is 5.82 Å². The van der Waals surface area contributed by atoms with Crippen LogP contribution in [0.5, 0.6) is 11.5 Å². The van der Waals surface area contributed by atoms with Gasteiger partial charge in [0.2, 0.25) is 0 Å². The third-order valence-corrected chi connectivity index (χ3v) is 3.22. The largest absolute Gasteiger partial charge is 0.493 e. The average Bonchev–Trinajstić information content (AvgIpc) is 2.83. The fourth-order valence-electron chi connectivity index (χ4n) is 2.29. The van der Waals surface area contributed by atoms with Crippen molar-refractivity contribution in [1.82, 2.24) is 9.38 Å². The van der Waals surface area contributed by atoms with Crippen molar-refractivity contribution in [3.8, 4) is 22.8 Å². The van der Waals surface area contributed by atoms with Crippen LogP contribution in [0.15, 0.2) is 42.6 Å². The van der Waals surface area contributed by atoms with E-state index in [4.69, 9.17) is 15.2 Å². The highest BCUT2D eigenvalue weighted by atomic mass is 16.5. The minimum Gasteiger partial charge on any atom is -0.493 e. The van der Waals surface area contributed by atoms with Crippen LogP contribution in [0.3, 0.4) is 0 Å². The number of nitrogen functional groups attached to an aromatic ring is 1. The topological polar surface area (TPSA) is 61.8 Å². The number of hydrogen-bond acceptors (Lipinski definition) is 4. The summed E-state index contributed by atoms with van der Waals surface area (Å²) in [5.74, 6) is 1.86. The number of imidazole rings is 1. The molecule has 2 aromatic heterocycles. The highest BCUT2D eigenvalue weighted by Crippen LogP contribution is 2.39. The van der Waals surface area contributed by atoms with Crippen molar-refractivity contribution in [3.63, 3.8) is 0 Å². The van der Waals surface area contributed by atoms with Gasteiger partial charge in [0, 0.05) is 11.8 Å². The maximum Gasteiger partial charge on any atom is 0.170 e. The maximum atomic E-state index is 6.19. The Bertz CT molecular complexity index is 765. The highest BCUT2D eigenvalue weighted by Gasteiger charge is 2.17. The predicted molar refractivity (Wildman–Crippen MR) is 78.1 cm³/mol. The number of anilines is 1. The maximum absolute atomic E-state index is 6.19. The zero-order chi connectivity index (χ0) is 14.1. The summed E-state index contributed by atoms with van der Waals surface area (Å²) in [5.41, 5.74) is 8.49. The Morgan fingerprint density at radius 3 is 2.60 bits per heavy atom. The summed E-state index contributed by atoms with van der Waals surface area (Å²) in [6.07, 6.45) is 1.88. The molecule has 0 amide bonds. The molecule has 2 heterocycles. The Kier molecular flexibility index (Phi) is 2.95. The normalized spacial score (nSPS) is 10.7. The summed E-state index contributed by atoms with van der Waals surface area (Å²) < 4.78 is 12.6. The number of para-hydroxylation sites is 1. The molecule has 0 unspecified atom stereocenters. The molecule has 0 fully saturated rings. The van der Waals surface area contributed by atoms with E-state index in [-0.39, 0.29) is 0 Å². The first-order valence-electron chi connectivity index (χ1n) is 6.20. The Morgan fingerprint density at radius 2 is 1.90 bits per heavy atom. The zero-order valence-corrected chi connectivity index (χ0v) is 11.3. The molecule has 0 aliphatic rings. The minimum atomic E-state index is 0.576. The van der Waals surface area contributed by atoms with Crippen LogP contribution in [0, 0.1) is 0 Å². The van der Waals surface area contributed by atoms with E-state index in [1.807, 2.05) is 47.0 Å². The van der Waals surface area contributed by atoms with Crippen molar-refractivity contribution in [2.24, 2.45) is 0 Å². The van der Waals surface area contributed by atoms with Crippen LogP contribution in [-0.4, -0.2) is 23.6 Å². The molecule has 20 heavy (non-hydrogen) atoms. The molecule has 2 N–H and O–H groups in total. The van der Waals surface area contributed by atoms with E-state index in [1.165, 1.54) is 0 Å². The highest BCUT2D eigenvalue weighted by molar-refractivity contribution is 5.80. The summed E-state index contributed by atoms with van der Waals surface area (Å²) in [4.78, 5) is 4.57. The van der Waals surface area contributed by atoms with Crippen LogP contribution in [0.25, 0.3) is 16.9 Å². The Balaban J connectivity index is 2.28. The molecule has 0 atom stereocenters. The molecule has 1 aromatic carbocycles. The molecule has 0 aliphatic heterocycles. The van der Waals surface area contributed by atoms with Crippen molar-refractivity contribution in [2.75, 3.05) is 20.0 Å². The van der Waals surface area contributed by atoms with Crippen LogP contribution >= 0.6 is 0 Å². The molecule has 0 saturated heterocycles. The van der Waals surface area contributed by atoms with Gasteiger partial charge >= 0.3 is 0 Å². The van der Waals surface area contributed by atoms with Gasteiger partial charge in [0.05, 0.1) is 14.2 Å². The van der Waals surface area contributed by atoms with E-state index in [0.717, 1.165) is 11.2 Å². The van der Waals surface area contributed by atoms with Gasteiger partial charge in [-0.3, -0.25) is 4.40 Å². The number of nitrogens with two attached hydrogens (primary N) is 1. The number of fused-ring (bicyclic) bond motifs is 1. The van der Waals surface area contributed by atoms with Crippen molar-refractivity contribution in [2.45, 2.75) is 0 Å². The number of nitrogens with zero attached hydrogens (tertiary/aromatic N) is 2. The monoisotopic (exact) mass is 269 g/mol. The molecule has 5 nitrogen and oxygen atoms in total. The molecule has 102 valence electrons. The SMILES string of the molecule is COc1cccc(-c2nc3ccccn3c2N)c1OC. The van der Waals surface area contributed by atoms with Gasteiger partial charge in [0.1, 0.15) is 17.2 Å². The van der Waals surface area contributed by atoms with Gasteiger partial charge in [-0.05, 0) is 24.3 Å². The third kappa shape index (κ3) is 1.75. The Labute approximate surface area is 116 Å². The number of hydrogen-bond donors (Lipinski definition) is 1. The molecule has 0 radical (unpaired) electrons. The lowest BCUT2D eigenvalue weighted by Crippen LogP contribution is -1.96. The fraction of sp³-hybridized carbons (Fsp3) is 0.133. The molecule has 0 saturated carbocycles. The molecular formula is C15H15N3O2. The standard InChI is InChI=1S/C15H15N3O2/c1-19-11-7-5-6-10(14(11)20-2)13-15(16)18-9-4-3-8-12(18)17-13/h3-9H,16H2,1-2H3. The van der Waals surface area contributed by atoms with Gasteiger partial charge in [-0.2, -0.15) is 0 Å². The number of ether oxygens (including phenoxy) is 2. The lowest BCUT2D eigenvalue weighted by Gasteiger charge is -2.11. The second kappa shape index (κ2) is 4.77. The van der Waals surface area contributed by atoms with Gasteiger partial charge in [0.25, 0.3) is 0 Å². The van der Waals surface area contributed by atoms with Crippen molar-refractivity contribution < 1.29 is 9.47 Å². The molecule has 5 heteroatoms. The quantitative estimate of drug-likeness (QED) is 0.794. The summed E-state index contributed by atoms with van der Waals surface area (Å²) in [6.45, 7) is 0. The van der Waals surface area contributed by atoms with E-state index in [1.54, 1.807) is 14.2 Å². The van der Waals surface area contributed by atoms with Gasteiger partial charge in [-0.1, -0.05) is 12.1 Å². The minimum absolute atomic E-state index is 0.576. The van der Waals surface area contributed by atoms with Crippen LogP contribution in [-0.2, 0) is 0 Å². The number of pyridine rings is 1.